The van der Waals surface area contributed by atoms with E-state index < -0.39 is 0 Å². The molecule has 0 unspecified atom stereocenters. The predicted octanol–water partition coefficient (Wildman–Crippen LogP) is 3.11. The fourth-order valence-electron chi connectivity index (χ4n) is 2.37. The van der Waals surface area contributed by atoms with E-state index in [9.17, 15) is 9.90 Å². The number of phenols is 1. The van der Waals surface area contributed by atoms with Crippen molar-refractivity contribution in [3.05, 3.63) is 65.7 Å². The summed E-state index contributed by atoms with van der Waals surface area (Å²) in [5.41, 5.74) is 2.87. The zero-order valence-electron chi connectivity index (χ0n) is 11.5. The molecule has 0 spiro atoms. The molecular formula is C17H14N2O2. The third kappa shape index (κ3) is 2.31. The number of aliphatic imine (C=N–C) groups is 1. The molecule has 2 aromatic rings. The van der Waals surface area contributed by atoms with E-state index in [0.29, 0.717) is 22.5 Å². The lowest BCUT2D eigenvalue weighted by molar-refractivity contribution is 0.106. The van der Waals surface area contributed by atoms with E-state index in [2.05, 4.69) is 10.3 Å². The highest BCUT2D eigenvalue weighted by Gasteiger charge is 2.26. The Morgan fingerprint density at radius 3 is 2.52 bits per heavy atom. The predicted molar refractivity (Wildman–Crippen MR) is 83.8 cm³/mol. The first-order chi connectivity index (χ1) is 10.2. The third-order valence-corrected chi connectivity index (χ3v) is 3.36. The molecule has 0 bridgehead atoms. The van der Waals surface area contributed by atoms with Crippen LogP contribution in [0.4, 0.5) is 5.69 Å². The number of ketones is 1. The largest absolute Gasteiger partial charge is 0.507 e. The van der Waals surface area contributed by atoms with Crippen LogP contribution in [0.3, 0.4) is 0 Å². The Morgan fingerprint density at radius 2 is 1.81 bits per heavy atom. The minimum Gasteiger partial charge on any atom is -0.507 e. The molecule has 3 rings (SSSR count). The Balaban J connectivity index is 2.13. The van der Waals surface area contributed by atoms with Gasteiger partial charge in [-0.2, -0.15) is 0 Å². The third-order valence-electron chi connectivity index (χ3n) is 3.36. The van der Waals surface area contributed by atoms with E-state index >= 15 is 0 Å². The van der Waals surface area contributed by atoms with Gasteiger partial charge in [0.1, 0.15) is 11.5 Å². The summed E-state index contributed by atoms with van der Waals surface area (Å²) in [4.78, 5) is 16.3. The average Bonchev–Trinajstić information content (AvgIpc) is 2.51. The number of para-hydroxylation sites is 1. The quantitative estimate of drug-likeness (QED) is 0.887. The number of hydrogen-bond donors (Lipinski definition) is 2. The standard InChI is InChI=1S/C17H14N2O2/c1-18-14-10-13(19-11-6-3-2-4-7-11)16-12(17(14)21)8-5-9-15(16)20/h2-10,19-20H,1H3. The van der Waals surface area contributed by atoms with Gasteiger partial charge in [-0.15, -0.1) is 0 Å². The van der Waals surface area contributed by atoms with Crippen LogP contribution in [0.5, 0.6) is 5.75 Å². The number of Topliss-reactive ketones (excluding diaryl/α,β-unsaturated/α-hetero) is 1. The highest BCUT2D eigenvalue weighted by Crippen LogP contribution is 2.33. The van der Waals surface area contributed by atoms with Gasteiger partial charge in [0.05, 0.1) is 11.3 Å². The summed E-state index contributed by atoms with van der Waals surface area (Å²) in [7, 11) is 1.58. The minimum absolute atomic E-state index is 0.0747. The highest BCUT2D eigenvalue weighted by atomic mass is 16.3. The Bertz CT molecular complexity index is 762. The molecule has 0 amide bonds. The maximum atomic E-state index is 12.3. The van der Waals surface area contributed by atoms with Crippen LogP contribution in [0.25, 0.3) is 5.70 Å². The lowest BCUT2D eigenvalue weighted by Crippen LogP contribution is -2.21. The number of nitrogens with zero attached hydrogens (tertiary/aromatic N) is 1. The molecule has 4 heteroatoms. The van der Waals surface area contributed by atoms with E-state index in [1.54, 1.807) is 31.3 Å². The SMILES string of the molecule is CN=C1C=C(Nc2ccccc2)c2c(O)cccc2C1=O. The van der Waals surface area contributed by atoms with Gasteiger partial charge >= 0.3 is 0 Å². The summed E-state index contributed by atoms with van der Waals surface area (Å²) in [6.07, 6.45) is 1.66. The molecule has 1 aliphatic carbocycles. The molecule has 0 saturated carbocycles. The molecule has 0 fully saturated rings. The first kappa shape index (κ1) is 13.1. The van der Waals surface area contributed by atoms with Crippen LogP contribution in [0, 0.1) is 0 Å². The van der Waals surface area contributed by atoms with E-state index in [0.717, 1.165) is 5.69 Å². The van der Waals surface area contributed by atoms with Crippen LogP contribution in [0.15, 0.2) is 59.6 Å². The first-order valence-corrected chi connectivity index (χ1v) is 6.58. The van der Waals surface area contributed by atoms with Gasteiger partial charge in [0, 0.05) is 18.3 Å². The fourth-order valence-corrected chi connectivity index (χ4v) is 2.37. The van der Waals surface area contributed by atoms with Gasteiger partial charge in [-0.1, -0.05) is 30.3 Å². The van der Waals surface area contributed by atoms with Gasteiger partial charge in [0.15, 0.2) is 0 Å². The highest BCUT2D eigenvalue weighted by molar-refractivity contribution is 6.53. The Hall–Kier alpha value is -2.88. The fraction of sp³-hybridized carbons (Fsp3) is 0.0588. The minimum atomic E-state index is -0.179. The van der Waals surface area contributed by atoms with Crippen LogP contribution in [0.1, 0.15) is 15.9 Å². The van der Waals surface area contributed by atoms with E-state index in [1.807, 2.05) is 30.3 Å². The second-order valence-electron chi connectivity index (χ2n) is 4.69. The lowest BCUT2D eigenvalue weighted by Gasteiger charge is -2.20. The van der Waals surface area contributed by atoms with Gasteiger partial charge in [-0.25, -0.2) is 0 Å². The molecule has 0 saturated heterocycles. The first-order valence-electron chi connectivity index (χ1n) is 6.58. The number of hydrogen-bond acceptors (Lipinski definition) is 4. The maximum Gasteiger partial charge on any atom is 0.211 e. The summed E-state index contributed by atoms with van der Waals surface area (Å²) >= 11 is 0. The molecule has 0 aromatic heterocycles. The number of carbonyl (C=O) groups is 1. The number of rotatable bonds is 2. The van der Waals surface area contributed by atoms with Crippen LogP contribution in [-0.4, -0.2) is 23.6 Å². The number of carbonyl (C=O) groups excluding carboxylic acids is 1. The number of phenolic OH excluding ortho intramolecular Hbond substituents is 1. The average molecular weight is 278 g/mol. The van der Waals surface area contributed by atoms with Crippen molar-refractivity contribution in [3.8, 4) is 5.75 Å². The van der Waals surface area contributed by atoms with Crippen molar-refractivity contribution in [2.24, 2.45) is 4.99 Å². The molecule has 0 atom stereocenters. The Labute approximate surface area is 122 Å². The van der Waals surface area contributed by atoms with E-state index in [4.69, 9.17) is 0 Å². The van der Waals surface area contributed by atoms with Crippen LogP contribution in [-0.2, 0) is 0 Å². The van der Waals surface area contributed by atoms with Crippen LogP contribution < -0.4 is 5.32 Å². The zero-order valence-corrected chi connectivity index (χ0v) is 11.5. The molecule has 0 aliphatic heterocycles. The summed E-state index contributed by atoms with van der Waals surface area (Å²) < 4.78 is 0. The van der Waals surface area contributed by atoms with Crippen LogP contribution in [0.2, 0.25) is 0 Å². The molecule has 21 heavy (non-hydrogen) atoms. The monoisotopic (exact) mass is 278 g/mol. The molecular weight excluding hydrogens is 264 g/mol. The van der Waals surface area contributed by atoms with Crippen molar-refractivity contribution in [3.63, 3.8) is 0 Å². The second kappa shape index (κ2) is 5.25. The van der Waals surface area contributed by atoms with E-state index in [-0.39, 0.29) is 11.5 Å². The van der Waals surface area contributed by atoms with Crippen molar-refractivity contribution < 1.29 is 9.90 Å². The summed E-state index contributed by atoms with van der Waals surface area (Å²) in [6.45, 7) is 0. The molecule has 104 valence electrons. The van der Waals surface area contributed by atoms with Crippen molar-refractivity contribution in [2.45, 2.75) is 0 Å². The Morgan fingerprint density at radius 1 is 1.05 bits per heavy atom. The summed E-state index contributed by atoms with van der Waals surface area (Å²) in [6, 6.07) is 14.5. The number of benzene rings is 2. The molecule has 0 radical (unpaired) electrons. The molecule has 4 nitrogen and oxygen atoms in total. The number of fused-ring (bicyclic) bond motifs is 1. The Kier molecular flexibility index (Phi) is 3.28. The van der Waals surface area contributed by atoms with Gasteiger partial charge in [-0.05, 0) is 24.3 Å². The zero-order chi connectivity index (χ0) is 14.8. The molecule has 2 N–H and O–H groups in total. The number of aromatic hydroxyl groups is 1. The summed E-state index contributed by atoms with van der Waals surface area (Å²) in [5, 5.41) is 13.3. The molecule has 1 aliphatic rings. The topological polar surface area (TPSA) is 61.7 Å². The number of nitrogens with one attached hydrogen (secondary N) is 1. The maximum absolute atomic E-state index is 12.3. The van der Waals surface area contributed by atoms with Gasteiger partial charge in [-0.3, -0.25) is 9.79 Å². The lowest BCUT2D eigenvalue weighted by atomic mass is 9.91. The smallest absolute Gasteiger partial charge is 0.211 e. The van der Waals surface area contributed by atoms with Gasteiger partial charge in [0.25, 0.3) is 0 Å². The van der Waals surface area contributed by atoms with Gasteiger partial charge < -0.3 is 10.4 Å². The van der Waals surface area contributed by atoms with Crippen molar-refractivity contribution in [1.82, 2.24) is 0 Å². The number of allylic oxidation sites excluding steroid dienone is 1. The van der Waals surface area contributed by atoms with E-state index in [1.165, 1.54) is 0 Å². The van der Waals surface area contributed by atoms with Gasteiger partial charge in [0.2, 0.25) is 5.78 Å². The van der Waals surface area contributed by atoms with Crippen LogP contribution >= 0.6 is 0 Å². The summed E-state index contributed by atoms with van der Waals surface area (Å²) in [5.74, 6) is -0.104. The number of anilines is 1. The molecule has 0 heterocycles. The second-order valence-corrected chi connectivity index (χ2v) is 4.69. The normalized spacial score (nSPS) is 15.6. The van der Waals surface area contributed by atoms with Crippen molar-refractivity contribution in [2.75, 3.05) is 12.4 Å². The molecule has 2 aromatic carbocycles. The van der Waals surface area contributed by atoms with Crippen molar-refractivity contribution >= 4 is 22.9 Å². The van der Waals surface area contributed by atoms with Crippen molar-refractivity contribution in [1.29, 1.82) is 0 Å².